The fraction of sp³-hybridized carbons (Fsp3) is 0.733. The first-order valence-electron chi connectivity index (χ1n) is 6.73. The standard InChI is InChI=1S/C15H28N2S/c1-12(2)14(13-8-7-9-18-13)16-10-15(3,4)11-17(5)6/h7-9,12,14,16H,10-11H2,1-6H3. The Hall–Kier alpha value is -0.380. The molecule has 0 aliphatic heterocycles. The molecule has 1 aromatic rings. The maximum absolute atomic E-state index is 3.75. The lowest BCUT2D eigenvalue weighted by Gasteiger charge is -2.32. The average molecular weight is 268 g/mol. The van der Waals surface area contributed by atoms with Gasteiger partial charge in [-0.15, -0.1) is 11.3 Å². The van der Waals surface area contributed by atoms with Gasteiger partial charge in [-0.25, -0.2) is 0 Å². The fourth-order valence-electron chi connectivity index (χ4n) is 2.43. The smallest absolute Gasteiger partial charge is 0.0438 e. The van der Waals surface area contributed by atoms with Crippen molar-refractivity contribution in [3.8, 4) is 0 Å². The Balaban J connectivity index is 2.58. The van der Waals surface area contributed by atoms with Crippen LogP contribution in [0.1, 0.15) is 38.6 Å². The summed E-state index contributed by atoms with van der Waals surface area (Å²) in [4.78, 5) is 3.71. The summed E-state index contributed by atoms with van der Waals surface area (Å²) in [6.07, 6.45) is 0. The molecular formula is C15H28N2S. The van der Waals surface area contributed by atoms with Gasteiger partial charge < -0.3 is 10.2 Å². The number of thiophene rings is 1. The maximum atomic E-state index is 3.75. The highest BCUT2D eigenvalue weighted by atomic mass is 32.1. The van der Waals surface area contributed by atoms with Gasteiger partial charge in [0.05, 0.1) is 0 Å². The molecule has 1 unspecified atom stereocenters. The molecule has 1 rings (SSSR count). The van der Waals surface area contributed by atoms with Crippen molar-refractivity contribution in [2.75, 3.05) is 27.2 Å². The summed E-state index contributed by atoms with van der Waals surface area (Å²) in [7, 11) is 4.28. The lowest BCUT2D eigenvalue weighted by Crippen LogP contribution is -2.39. The molecule has 0 aromatic carbocycles. The summed E-state index contributed by atoms with van der Waals surface area (Å²) in [6.45, 7) is 11.4. The zero-order valence-corrected chi connectivity index (χ0v) is 13.5. The minimum absolute atomic E-state index is 0.300. The van der Waals surface area contributed by atoms with Gasteiger partial charge in [0.2, 0.25) is 0 Å². The van der Waals surface area contributed by atoms with Crippen LogP contribution in [-0.2, 0) is 0 Å². The number of hydrogen-bond donors (Lipinski definition) is 1. The summed E-state index contributed by atoms with van der Waals surface area (Å²) in [5.74, 6) is 0.624. The Labute approximate surface area is 116 Å². The Morgan fingerprint density at radius 1 is 1.33 bits per heavy atom. The highest BCUT2D eigenvalue weighted by Gasteiger charge is 2.23. The summed E-state index contributed by atoms with van der Waals surface area (Å²) in [5.41, 5.74) is 0.300. The highest BCUT2D eigenvalue weighted by molar-refractivity contribution is 7.10. The van der Waals surface area contributed by atoms with E-state index >= 15 is 0 Å². The van der Waals surface area contributed by atoms with Crippen LogP contribution in [0.25, 0.3) is 0 Å². The van der Waals surface area contributed by atoms with Gasteiger partial charge in [0.25, 0.3) is 0 Å². The Bertz CT molecular complexity index is 328. The number of nitrogens with zero attached hydrogens (tertiary/aromatic N) is 1. The lowest BCUT2D eigenvalue weighted by atomic mass is 9.91. The van der Waals surface area contributed by atoms with Gasteiger partial charge in [0.15, 0.2) is 0 Å². The Kier molecular flexibility index (Phi) is 5.83. The first-order chi connectivity index (χ1) is 8.32. The highest BCUT2D eigenvalue weighted by Crippen LogP contribution is 2.27. The van der Waals surface area contributed by atoms with E-state index in [-0.39, 0.29) is 0 Å². The Morgan fingerprint density at radius 3 is 2.44 bits per heavy atom. The Morgan fingerprint density at radius 2 is 2.00 bits per heavy atom. The molecule has 0 saturated carbocycles. The molecule has 18 heavy (non-hydrogen) atoms. The number of nitrogens with one attached hydrogen (secondary N) is 1. The molecule has 1 atom stereocenters. The minimum Gasteiger partial charge on any atom is -0.309 e. The van der Waals surface area contributed by atoms with E-state index in [9.17, 15) is 0 Å². The second-order valence-corrected chi connectivity index (χ2v) is 7.50. The van der Waals surface area contributed by atoms with E-state index in [4.69, 9.17) is 0 Å². The molecule has 3 heteroatoms. The largest absolute Gasteiger partial charge is 0.309 e. The first-order valence-corrected chi connectivity index (χ1v) is 7.61. The van der Waals surface area contributed by atoms with Crippen LogP contribution < -0.4 is 5.32 Å². The summed E-state index contributed by atoms with van der Waals surface area (Å²) in [5, 5.41) is 5.92. The summed E-state index contributed by atoms with van der Waals surface area (Å²) < 4.78 is 0. The van der Waals surface area contributed by atoms with E-state index < -0.39 is 0 Å². The molecule has 0 amide bonds. The second-order valence-electron chi connectivity index (χ2n) is 6.52. The molecule has 0 bridgehead atoms. The monoisotopic (exact) mass is 268 g/mol. The van der Waals surface area contributed by atoms with Crippen LogP contribution in [0.15, 0.2) is 17.5 Å². The van der Waals surface area contributed by atoms with E-state index in [2.05, 4.69) is 69.5 Å². The molecule has 0 fully saturated rings. The number of hydrogen-bond acceptors (Lipinski definition) is 3. The van der Waals surface area contributed by atoms with Crippen LogP contribution in [0.3, 0.4) is 0 Å². The molecule has 0 radical (unpaired) electrons. The molecule has 0 spiro atoms. The van der Waals surface area contributed by atoms with Gasteiger partial charge in [0, 0.05) is 24.0 Å². The van der Waals surface area contributed by atoms with Crippen LogP contribution in [0.2, 0.25) is 0 Å². The second kappa shape index (κ2) is 6.69. The normalized spacial score (nSPS) is 14.4. The van der Waals surface area contributed by atoms with Crippen molar-refractivity contribution >= 4 is 11.3 Å². The first kappa shape index (κ1) is 15.7. The average Bonchev–Trinajstić information content (AvgIpc) is 2.68. The number of rotatable bonds is 7. The zero-order chi connectivity index (χ0) is 13.8. The molecule has 0 aliphatic rings. The third-order valence-corrected chi connectivity index (χ3v) is 4.02. The third-order valence-electron chi connectivity index (χ3n) is 3.06. The molecule has 1 N–H and O–H groups in total. The van der Waals surface area contributed by atoms with Crippen LogP contribution in [-0.4, -0.2) is 32.1 Å². The van der Waals surface area contributed by atoms with E-state index in [0.29, 0.717) is 17.4 Å². The van der Waals surface area contributed by atoms with Crippen LogP contribution in [0.4, 0.5) is 0 Å². The van der Waals surface area contributed by atoms with E-state index in [1.54, 1.807) is 0 Å². The molecule has 104 valence electrons. The quantitative estimate of drug-likeness (QED) is 0.812. The van der Waals surface area contributed by atoms with Gasteiger partial charge in [-0.3, -0.25) is 0 Å². The van der Waals surface area contributed by atoms with Crippen LogP contribution in [0, 0.1) is 11.3 Å². The summed E-state index contributed by atoms with van der Waals surface area (Å²) in [6, 6.07) is 4.86. The molecule has 0 saturated heterocycles. The maximum Gasteiger partial charge on any atom is 0.0438 e. The predicted molar refractivity (Wildman–Crippen MR) is 82.2 cm³/mol. The van der Waals surface area contributed by atoms with Crippen LogP contribution >= 0.6 is 11.3 Å². The third kappa shape index (κ3) is 5.09. The van der Waals surface area contributed by atoms with E-state index in [0.717, 1.165) is 13.1 Å². The van der Waals surface area contributed by atoms with Crippen molar-refractivity contribution in [1.29, 1.82) is 0 Å². The van der Waals surface area contributed by atoms with Crippen molar-refractivity contribution in [2.24, 2.45) is 11.3 Å². The van der Waals surface area contributed by atoms with Crippen molar-refractivity contribution in [3.63, 3.8) is 0 Å². The molecule has 1 aromatic heterocycles. The molecular weight excluding hydrogens is 240 g/mol. The van der Waals surface area contributed by atoms with Gasteiger partial charge in [-0.1, -0.05) is 33.8 Å². The zero-order valence-electron chi connectivity index (χ0n) is 12.7. The predicted octanol–water partition coefficient (Wildman–Crippen LogP) is 3.62. The van der Waals surface area contributed by atoms with E-state index in [1.165, 1.54) is 4.88 Å². The van der Waals surface area contributed by atoms with Crippen LogP contribution in [0.5, 0.6) is 0 Å². The van der Waals surface area contributed by atoms with E-state index in [1.807, 2.05) is 11.3 Å². The van der Waals surface area contributed by atoms with Crippen molar-refractivity contribution in [1.82, 2.24) is 10.2 Å². The molecule has 2 nitrogen and oxygen atoms in total. The van der Waals surface area contributed by atoms with Gasteiger partial charge in [-0.2, -0.15) is 0 Å². The van der Waals surface area contributed by atoms with Gasteiger partial charge in [-0.05, 0) is 36.9 Å². The lowest BCUT2D eigenvalue weighted by molar-refractivity contribution is 0.218. The van der Waals surface area contributed by atoms with Crippen molar-refractivity contribution in [3.05, 3.63) is 22.4 Å². The molecule has 0 aliphatic carbocycles. The van der Waals surface area contributed by atoms with Gasteiger partial charge in [0.1, 0.15) is 0 Å². The minimum atomic E-state index is 0.300. The molecule has 1 heterocycles. The van der Waals surface area contributed by atoms with Crippen molar-refractivity contribution in [2.45, 2.75) is 33.7 Å². The topological polar surface area (TPSA) is 15.3 Å². The fourth-order valence-corrected chi connectivity index (χ4v) is 3.40. The summed E-state index contributed by atoms with van der Waals surface area (Å²) >= 11 is 1.85. The van der Waals surface area contributed by atoms with Gasteiger partial charge >= 0.3 is 0 Å². The van der Waals surface area contributed by atoms with Crippen molar-refractivity contribution < 1.29 is 0 Å². The SMILES string of the molecule is CC(C)C(NCC(C)(C)CN(C)C)c1cccs1.